The van der Waals surface area contributed by atoms with Crippen molar-refractivity contribution in [2.75, 3.05) is 19.6 Å². The van der Waals surface area contributed by atoms with Gasteiger partial charge in [-0.15, -0.1) is 0 Å². The first-order valence-electron chi connectivity index (χ1n) is 10.3. The average Bonchev–Trinajstić information content (AvgIpc) is 3.00. The van der Waals surface area contributed by atoms with E-state index in [2.05, 4.69) is 17.1 Å². The van der Waals surface area contributed by atoms with Crippen LogP contribution in [0, 0.1) is 0 Å². The lowest BCUT2D eigenvalue weighted by Crippen LogP contribution is -2.51. The Balaban J connectivity index is 1.55. The van der Waals surface area contributed by atoms with Crippen LogP contribution in [-0.2, 0) is 18.9 Å². The molecule has 0 bridgehead atoms. The molecule has 0 saturated carbocycles. The van der Waals surface area contributed by atoms with Gasteiger partial charge in [0.25, 0.3) is 0 Å². The summed E-state index contributed by atoms with van der Waals surface area (Å²) in [6, 6.07) is 0.291. The van der Waals surface area contributed by atoms with Crippen LogP contribution in [0.5, 0.6) is 0 Å². The average molecular weight is 385 g/mol. The van der Waals surface area contributed by atoms with E-state index in [9.17, 15) is 4.79 Å². The number of likely N-dealkylation sites (tertiary alicyclic amines) is 1. The molecule has 1 unspecified atom stereocenters. The Kier molecular flexibility index (Phi) is 6.06. The number of nitrogens with zero attached hydrogens (tertiary/aromatic N) is 1. The van der Waals surface area contributed by atoms with Gasteiger partial charge in [-0.25, -0.2) is 4.79 Å². The first kappa shape index (κ1) is 20.8. The highest BCUT2D eigenvalue weighted by molar-refractivity contribution is 5.67. The van der Waals surface area contributed by atoms with Crippen molar-refractivity contribution in [2.45, 2.75) is 103 Å². The summed E-state index contributed by atoms with van der Waals surface area (Å²) in [7, 11) is 0. The molecule has 1 amide bonds. The summed E-state index contributed by atoms with van der Waals surface area (Å²) < 4.78 is 23.7. The first-order valence-corrected chi connectivity index (χ1v) is 10.3. The summed E-state index contributed by atoms with van der Waals surface area (Å²) >= 11 is 0. The molecular weight excluding hydrogens is 348 g/mol. The molecule has 156 valence electrons. The second-order valence-electron chi connectivity index (χ2n) is 9.47. The molecule has 27 heavy (non-hydrogen) atoms. The minimum Gasteiger partial charge on any atom is -0.444 e. The van der Waals surface area contributed by atoms with Crippen molar-refractivity contribution in [2.24, 2.45) is 0 Å². The van der Waals surface area contributed by atoms with Gasteiger partial charge in [0, 0.05) is 19.1 Å². The van der Waals surface area contributed by atoms with Crippen molar-refractivity contribution in [1.82, 2.24) is 10.2 Å². The molecule has 3 aliphatic rings. The van der Waals surface area contributed by atoms with Gasteiger partial charge in [0.2, 0.25) is 0 Å². The highest BCUT2D eigenvalue weighted by Gasteiger charge is 2.54. The van der Waals surface area contributed by atoms with Crippen molar-refractivity contribution in [3.63, 3.8) is 0 Å². The Morgan fingerprint density at radius 2 is 1.93 bits per heavy atom. The van der Waals surface area contributed by atoms with Gasteiger partial charge < -0.3 is 24.3 Å². The fourth-order valence-electron chi connectivity index (χ4n) is 4.32. The summed E-state index contributed by atoms with van der Waals surface area (Å²) in [5, 5.41) is 2.93. The summed E-state index contributed by atoms with van der Waals surface area (Å²) in [6.45, 7) is 14.0. The summed E-state index contributed by atoms with van der Waals surface area (Å²) in [6.07, 6.45) is 3.05. The van der Waals surface area contributed by atoms with Crippen LogP contribution in [-0.4, -0.2) is 72.5 Å². The molecule has 3 aliphatic heterocycles. The Bertz CT molecular complexity index is 533. The van der Waals surface area contributed by atoms with E-state index in [4.69, 9.17) is 18.9 Å². The maximum Gasteiger partial charge on any atom is 0.407 e. The second-order valence-corrected chi connectivity index (χ2v) is 9.47. The molecule has 3 rings (SSSR count). The number of alkyl carbamates (subject to hydrolysis) is 1. The molecule has 7 heteroatoms. The fraction of sp³-hybridized carbons (Fsp3) is 0.950. The number of piperidine rings is 1. The van der Waals surface area contributed by atoms with E-state index in [0.29, 0.717) is 12.6 Å². The number of fused-ring (bicyclic) bond motifs is 1. The van der Waals surface area contributed by atoms with E-state index in [1.54, 1.807) is 0 Å². The van der Waals surface area contributed by atoms with Gasteiger partial charge in [0.15, 0.2) is 5.79 Å². The molecule has 0 aromatic carbocycles. The molecule has 0 aromatic heterocycles. The Morgan fingerprint density at radius 3 is 2.63 bits per heavy atom. The topological polar surface area (TPSA) is 69.3 Å². The lowest BCUT2D eigenvalue weighted by atomic mass is 10.0. The highest BCUT2D eigenvalue weighted by atomic mass is 16.8. The van der Waals surface area contributed by atoms with Gasteiger partial charge in [0.05, 0.1) is 12.2 Å². The van der Waals surface area contributed by atoms with Gasteiger partial charge in [-0.05, 0) is 60.9 Å². The first-order chi connectivity index (χ1) is 12.5. The van der Waals surface area contributed by atoms with Crippen LogP contribution in [0.25, 0.3) is 0 Å². The molecule has 0 radical (unpaired) electrons. The van der Waals surface area contributed by atoms with Gasteiger partial charge in [-0.3, -0.25) is 4.90 Å². The van der Waals surface area contributed by atoms with Crippen molar-refractivity contribution >= 4 is 6.09 Å². The molecule has 3 fully saturated rings. The smallest absolute Gasteiger partial charge is 0.407 e. The normalized spacial score (nSPS) is 36.4. The third-order valence-corrected chi connectivity index (χ3v) is 5.43. The largest absolute Gasteiger partial charge is 0.444 e. The predicted molar refractivity (Wildman–Crippen MR) is 102 cm³/mol. The van der Waals surface area contributed by atoms with E-state index in [-0.39, 0.29) is 30.5 Å². The number of carbonyl (C=O) groups is 1. The number of hydrogen-bond donors (Lipinski definition) is 1. The van der Waals surface area contributed by atoms with E-state index in [1.165, 1.54) is 12.8 Å². The number of hydrogen-bond acceptors (Lipinski definition) is 6. The molecule has 0 aliphatic carbocycles. The van der Waals surface area contributed by atoms with Crippen LogP contribution in [0.2, 0.25) is 0 Å². The van der Waals surface area contributed by atoms with Crippen LogP contribution in [0.4, 0.5) is 4.79 Å². The predicted octanol–water partition coefficient (Wildman–Crippen LogP) is 2.67. The van der Waals surface area contributed by atoms with Crippen LogP contribution in [0.15, 0.2) is 0 Å². The third-order valence-electron chi connectivity index (χ3n) is 5.43. The minimum absolute atomic E-state index is 0.00565. The summed E-state index contributed by atoms with van der Waals surface area (Å²) in [5.41, 5.74) is -0.480. The van der Waals surface area contributed by atoms with E-state index in [1.807, 2.05) is 34.6 Å². The number of nitrogens with one attached hydrogen (secondary N) is 1. The quantitative estimate of drug-likeness (QED) is 0.804. The molecule has 0 spiro atoms. The number of ether oxygens (including phenoxy) is 4. The van der Waals surface area contributed by atoms with Crippen molar-refractivity contribution in [3.8, 4) is 0 Å². The van der Waals surface area contributed by atoms with Gasteiger partial charge in [0.1, 0.15) is 17.8 Å². The lowest BCUT2D eigenvalue weighted by molar-refractivity contribution is -0.187. The van der Waals surface area contributed by atoms with Gasteiger partial charge in [-0.2, -0.15) is 0 Å². The van der Waals surface area contributed by atoms with Gasteiger partial charge in [-0.1, -0.05) is 6.42 Å². The van der Waals surface area contributed by atoms with Crippen molar-refractivity contribution in [1.29, 1.82) is 0 Å². The van der Waals surface area contributed by atoms with Gasteiger partial charge >= 0.3 is 6.09 Å². The molecule has 7 nitrogen and oxygen atoms in total. The van der Waals surface area contributed by atoms with E-state index in [0.717, 1.165) is 19.5 Å². The standard InChI is InChI=1S/C20H36N2O5/c1-13-16-17(26-20(5,6)25-16)15(24-13)12-22-10-8-7-9-14(22)11-21-18(23)27-19(2,3)4/h13-17H,7-12H2,1-6H3,(H,21,23)/t13-,14?,15+,16-,17+/m0/s1. The third kappa shape index (κ3) is 5.34. The number of amides is 1. The van der Waals surface area contributed by atoms with E-state index < -0.39 is 11.4 Å². The zero-order valence-corrected chi connectivity index (χ0v) is 17.6. The van der Waals surface area contributed by atoms with E-state index >= 15 is 0 Å². The maximum absolute atomic E-state index is 12.0. The maximum atomic E-state index is 12.0. The van der Waals surface area contributed by atoms with Crippen molar-refractivity contribution < 1.29 is 23.7 Å². The summed E-state index contributed by atoms with van der Waals surface area (Å²) in [4.78, 5) is 14.4. The Morgan fingerprint density at radius 1 is 1.22 bits per heavy atom. The molecule has 3 heterocycles. The van der Waals surface area contributed by atoms with Crippen LogP contribution < -0.4 is 5.32 Å². The van der Waals surface area contributed by atoms with Crippen LogP contribution in [0.3, 0.4) is 0 Å². The monoisotopic (exact) mass is 384 g/mol. The SMILES string of the molecule is C[C@@H]1O[C@H](CN2CCCCC2CNC(=O)OC(C)(C)C)[C@H]2OC(C)(C)O[C@H]21. The zero-order chi connectivity index (χ0) is 19.8. The lowest BCUT2D eigenvalue weighted by Gasteiger charge is -2.38. The fourth-order valence-corrected chi connectivity index (χ4v) is 4.32. The zero-order valence-electron chi connectivity index (χ0n) is 17.6. The number of rotatable bonds is 4. The van der Waals surface area contributed by atoms with Crippen LogP contribution in [0.1, 0.15) is 60.8 Å². The molecule has 5 atom stereocenters. The minimum atomic E-state index is -0.550. The van der Waals surface area contributed by atoms with Crippen LogP contribution >= 0.6 is 0 Å². The second kappa shape index (κ2) is 7.85. The summed E-state index contributed by atoms with van der Waals surface area (Å²) in [5.74, 6) is -0.550. The molecule has 3 saturated heterocycles. The Labute approximate surface area is 163 Å². The van der Waals surface area contributed by atoms with Crippen molar-refractivity contribution in [3.05, 3.63) is 0 Å². The number of carbonyl (C=O) groups excluding carboxylic acids is 1. The highest BCUT2D eigenvalue weighted by Crippen LogP contribution is 2.39. The molecule has 1 N–H and O–H groups in total. The molecular formula is C20H36N2O5. The molecule has 0 aromatic rings. The Hall–Kier alpha value is -0.890.